The molecule has 19 heavy (non-hydrogen) atoms. The van der Waals surface area contributed by atoms with Crippen LogP contribution in [0.15, 0.2) is 24.7 Å². The van der Waals surface area contributed by atoms with Crippen molar-refractivity contribution >= 4 is 23.2 Å². The Kier molecular flexibility index (Phi) is 4.76. The Hall–Kier alpha value is -1.14. The molecule has 2 aromatic rings. The summed E-state index contributed by atoms with van der Waals surface area (Å²) in [4.78, 5) is 4.24. The van der Waals surface area contributed by atoms with Gasteiger partial charge in [0, 0.05) is 18.9 Å². The fourth-order valence-corrected chi connectivity index (χ4v) is 2.35. The first-order chi connectivity index (χ1) is 9.13. The van der Waals surface area contributed by atoms with Crippen molar-refractivity contribution in [2.75, 3.05) is 0 Å². The third kappa shape index (κ3) is 3.45. The number of halogens is 2. The van der Waals surface area contributed by atoms with Gasteiger partial charge in [0.25, 0.3) is 0 Å². The van der Waals surface area contributed by atoms with Crippen LogP contribution < -0.4 is 11.3 Å². The van der Waals surface area contributed by atoms with E-state index >= 15 is 0 Å². The minimum Gasteiger partial charge on any atom is -0.273 e. The molecule has 2 rings (SSSR count). The van der Waals surface area contributed by atoms with Gasteiger partial charge in [0.05, 0.1) is 28.0 Å². The lowest BCUT2D eigenvalue weighted by molar-refractivity contribution is 0.538. The SMILES string of the molecule is CCn1cc(CC(NN)c2ncc(Cl)cc2Cl)cn1. The van der Waals surface area contributed by atoms with Crippen LogP contribution in [0.1, 0.15) is 24.2 Å². The number of nitrogens with one attached hydrogen (secondary N) is 1. The van der Waals surface area contributed by atoms with Crippen LogP contribution in [0.3, 0.4) is 0 Å². The normalized spacial score (nSPS) is 12.6. The van der Waals surface area contributed by atoms with E-state index in [1.807, 2.05) is 24.0 Å². The molecule has 0 aromatic carbocycles. The molecule has 1 unspecified atom stereocenters. The highest BCUT2D eigenvalue weighted by Crippen LogP contribution is 2.25. The Morgan fingerprint density at radius 2 is 2.21 bits per heavy atom. The van der Waals surface area contributed by atoms with E-state index in [0.717, 1.165) is 12.1 Å². The highest BCUT2D eigenvalue weighted by atomic mass is 35.5. The molecule has 0 aliphatic carbocycles. The molecule has 2 heterocycles. The van der Waals surface area contributed by atoms with E-state index in [4.69, 9.17) is 29.0 Å². The van der Waals surface area contributed by atoms with E-state index in [2.05, 4.69) is 15.5 Å². The fourth-order valence-electron chi connectivity index (χ4n) is 1.84. The summed E-state index contributed by atoms with van der Waals surface area (Å²) in [6.45, 7) is 2.87. The lowest BCUT2D eigenvalue weighted by atomic mass is 10.1. The second kappa shape index (κ2) is 6.34. The molecular formula is C12H15Cl2N5. The van der Waals surface area contributed by atoms with Gasteiger partial charge in [0.15, 0.2) is 0 Å². The van der Waals surface area contributed by atoms with Gasteiger partial charge in [-0.2, -0.15) is 5.10 Å². The molecule has 0 saturated heterocycles. The molecule has 2 aromatic heterocycles. The standard InChI is InChI=1S/C12H15Cl2N5/c1-2-19-7-8(5-17-19)3-11(18-15)12-10(14)4-9(13)6-16-12/h4-7,11,18H,2-3,15H2,1H3. The minimum atomic E-state index is -0.181. The van der Waals surface area contributed by atoms with E-state index in [-0.39, 0.29) is 6.04 Å². The molecule has 0 saturated carbocycles. The monoisotopic (exact) mass is 299 g/mol. The third-order valence-electron chi connectivity index (χ3n) is 2.82. The topological polar surface area (TPSA) is 68.8 Å². The first-order valence-electron chi connectivity index (χ1n) is 5.92. The molecule has 0 fully saturated rings. The van der Waals surface area contributed by atoms with Gasteiger partial charge in [0.2, 0.25) is 0 Å². The highest BCUT2D eigenvalue weighted by Gasteiger charge is 2.16. The fraction of sp³-hybridized carbons (Fsp3) is 0.333. The van der Waals surface area contributed by atoms with Gasteiger partial charge in [-0.25, -0.2) is 0 Å². The van der Waals surface area contributed by atoms with Crippen LogP contribution in [0.2, 0.25) is 10.0 Å². The van der Waals surface area contributed by atoms with Crippen molar-refractivity contribution in [3.63, 3.8) is 0 Å². The molecule has 102 valence electrons. The summed E-state index contributed by atoms with van der Waals surface area (Å²) in [5.74, 6) is 5.59. The predicted molar refractivity (Wildman–Crippen MR) is 75.9 cm³/mol. The predicted octanol–water partition coefficient (Wildman–Crippen LogP) is 2.35. The van der Waals surface area contributed by atoms with E-state index in [1.54, 1.807) is 12.3 Å². The summed E-state index contributed by atoms with van der Waals surface area (Å²) >= 11 is 12.0. The number of hydrazine groups is 1. The van der Waals surface area contributed by atoms with Gasteiger partial charge in [0.1, 0.15) is 0 Å². The summed E-state index contributed by atoms with van der Waals surface area (Å²) in [7, 11) is 0. The van der Waals surface area contributed by atoms with Crippen molar-refractivity contribution in [1.82, 2.24) is 20.2 Å². The van der Waals surface area contributed by atoms with Gasteiger partial charge in [-0.15, -0.1) is 0 Å². The number of hydrogen-bond donors (Lipinski definition) is 2. The number of pyridine rings is 1. The van der Waals surface area contributed by atoms with E-state index in [9.17, 15) is 0 Å². The maximum Gasteiger partial charge on any atom is 0.0777 e. The molecule has 0 radical (unpaired) electrons. The molecule has 1 atom stereocenters. The van der Waals surface area contributed by atoms with Gasteiger partial charge < -0.3 is 0 Å². The molecule has 7 heteroatoms. The number of rotatable bonds is 5. The van der Waals surface area contributed by atoms with Crippen molar-refractivity contribution in [3.05, 3.63) is 46.0 Å². The van der Waals surface area contributed by atoms with Gasteiger partial charge in [-0.05, 0) is 25.0 Å². The van der Waals surface area contributed by atoms with Gasteiger partial charge >= 0.3 is 0 Å². The molecule has 0 bridgehead atoms. The summed E-state index contributed by atoms with van der Waals surface area (Å²) in [6, 6.07) is 1.48. The van der Waals surface area contributed by atoms with E-state index < -0.39 is 0 Å². The number of aryl methyl sites for hydroxylation is 1. The number of hydrogen-bond acceptors (Lipinski definition) is 4. The molecule has 0 amide bonds. The Labute approximate surface area is 121 Å². The second-order valence-electron chi connectivity index (χ2n) is 4.15. The average molecular weight is 300 g/mol. The summed E-state index contributed by atoms with van der Waals surface area (Å²) in [5.41, 5.74) is 4.47. The molecule has 0 aliphatic rings. The van der Waals surface area contributed by atoms with Crippen LogP contribution >= 0.6 is 23.2 Å². The van der Waals surface area contributed by atoms with Gasteiger partial charge in [-0.1, -0.05) is 23.2 Å². The van der Waals surface area contributed by atoms with Crippen LogP contribution in [0.4, 0.5) is 0 Å². The van der Waals surface area contributed by atoms with Gasteiger partial charge in [-0.3, -0.25) is 20.9 Å². The maximum absolute atomic E-state index is 6.14. The van der Waals surface area contributed by atoms with Crippen molar-refractivity contribution < 1.29 is 0 Å². The number of nitrogens with zero attached hydrogens (tertiary/aromatic N) is 3. The molecule has 0 aliphatic heterocycles. The highest BCUT2D eigenvalue weighted by molar-refractivity contribution is 6.34. The Morgan fingerprint density at radius 3 is 2.79 bits per heavy atom. The number of nitrogens with two attached hydrogens (primary N) is 1. The van der Waals surface area contributed by atoms with Crippen LogP contribution in [0.5, 0.6) is 0 Å². The number of aromatic nitrogens is 3. The zero-order valence-electron chi connectivity index (χ0n) is 10.5. The zero-order valence-corrected chi connectivity index (χ0v) is 12.0. The first-order valence-corrected chi connectivity index (χ1v) is 6.68. The molecule has 3 N–H and O–H groups in total. The van der Waals surface area contributed by atoms with Crippen LogP contribution in [-0.4, -0.2) is 14.8 Å². The van der Waals surface area contributed by atoms with Crippen molar-refractivity contribution in [3.8, 4) is 0 Å². The lowest BCUT2D eigenvalue weighted by Gasteiger charge is -2.15. The van der Waals surface area contributed by atoms with Crippen molar-refractivity contribution in [2.45, 2.75) is 25.9 Å². The second-order valence-corrected chi connectivity index (χ2v) is 4.99. The maximum atomic E-state index is 6.14. The molecular weight excluding hydrogens is 285 g/mol. The van der Waals surface area contributed by atoms with Crippen LogP contribution in [0, 0.1) is 0 Å². The van der Waals surface area contributed by atoms with Crippen molar-refractivity contribution in [2.24, 2.45) is 5.84 Å². The third-order valence-corrected chi connectivity index (χ3v) is 3.33. The minimum absolute atomic E-state index is 0.181. The van der Waals surface area contributed by atoms with Crippen molar-refractivity contribution in [1.29, 1.82) is 0 Å². The average Bonchev–Trinajstić information content (AvgIpc) is 2.84. The smallest absolute Gasteiger partial charge is 0.0777 e. The zero-order chi connectivity index (χ0) is 13.8. The summed E-state index contributed by atoms with van der Waals surface area (Å²) in [6.07, 6.45) is 6.01. The Bertz CT molecular complexity index is 555. The largest absolute Gasteiger partial charge is 0.273 e. The van der Waals surface area contributed by atoms with Crippen LogP contribution in [0.25, 0.3) is 0 Å². The summed E-state index contributed by atoms with van der Waals surface area (Å²) < 4.78 is 1.86. The lowest BCUT2D eigenvalue weighted by Crippen LogP contribution is -2.30. The van der Waals surface area contributed by atoms with Crippen LogP contribution in [-0.2, 0) is 13.0 Å². The summed E-state index contributed by atoms with van der Waals surface area (Å²) in [5, 5.41) is 5.23. The van der Waals surface area contributed by atoms with E-state index in [1.165, 1.54) is 0 Å². The Balaban J connectivity index is 2.19. The van der Waals surface area contributed by atoms with E-state index in [0.29, 0.717) is 22.2 Å². The quantitative estimate of drug-likeness (QED) is 0.657. The Morgan fingerprint density at radius 1 is 1.42 bits per heavy atom. The first kappa shape index (κ1) is 14.3. The molecule has 5 nitrogen and oxygen atoms in total. The molecule has 0 spiro atoms.